The van der Waals surface area contributed by atoms with E-state index in [4.69, 9.17) is 0 Å². The second-order valence-corrected chi connectivity index (χ2v) is 10.0. The molecule has 0 bridgehead atoms. The zero-order valence-electron chi connectivity index (χ0n) is 18.4. The summed E-state index contributed by atoms with van der Waals surface area (Å²) in [4.78, 5) is 12.9. The maximum atomic E-state index is 12.9. The Bertz CT molecular complexity index is 732. The predicted octanol–water partition coefficient (Wildman–Crippen LogP) is 6.49. The zero-order valence-corrected chi connectivity index (χ0v) is 18.4. The molecule has 5 atom stereocenters. The van der Waals surface area contributed by atoms with Crippen LogP contribution in [0.4, 0.5) is 0 Å². The fourth-order valence-electron chi connectivity index (χ4n) is 6.12. The van der Waals surface area contributed by atoms with Gasteiger partial charge in [-0.2, -0.15) is 0 Å². The summed E-state index contributed by atoms with van der Waals surface area (Å²) < 4.78 is 0. The van der Waals surface area contributed by atoms with Crippen LogP contribution in [0.2, 0.25) is 0 Å². The highest BCUT2D eigenvalue weighted by Gasteiger charge is 2.54. The van der Waals surface area contributed by atoms with Gasteiger partial charge in [0.1, 0.15) is 11.5 Å². The van der Waals surface area contributed by atoms with E-state index in [-0.39, 0.29) is 11.3 Å². The van der Waals surface area contributed by atoms with Crippen LogP contribution < -0.4 is 0 Å². The zero-order chi connectivity index (χ0) is 20.5. The number of ketones is 1. The van der Waals surface area contributed by atoms with E-state index in [2.05, 4.69) is 46.8 Å². The van der Waals surface area contributed by atoms with Crippen molar-refractivity contribution in [3.63, 3.8) is 0 Å². The van der Waals surface area contributed by atoms with Crippen LogP contribution in [-0.4, -0.2) is 10.9 Å². The molecular formula is C26H38O2. The number of rotatable bonds is 6. The highest BCUT2D eigenvalue weighted by atomic mass is 16.3. The molecule has 0 amide bonds. The van der Waals surface area contributed by atoms with Crippen LogP contribution in [0.3, 0.4) is 0 Å². The van der Waals surface area contributed by atoms with Crippen LogP contribution in [-0.2, 0) is 11.2 Å². The van der Waals surface area contributed by atoms with Crippen LogP contribution in [0, 0.1) is 41.9 Å². The summed E-state index contributed by atoms with van der Waals surface area (Å²) in [5, 5.41) is 9.83. The number of carbonyl (C=O) groups excluding carboxylic acids is 1. The number of benzene rings is 1. The number of aromatic hydroxyl groups is 1. The van der Waals surface area contributed by atoms with Crippen LogP contribution >= 0.6 is 0 Å². The highest BCUT2D eigenvalue weighted by Crippen LogP contribution is 2.59. The molecule has 2 aliphatic carbocycles. The summed E-state index contributed by atoms with van der Waals surface area (Å²) >= 11 is 0. The standard InChI is InChI=1S/C26H38O2/c1-17(2)6-7-19(4)23-12-13-24-22(25(28)14-15-26(23,24)5)11-9-20-16-21(27)10-8-18(20)3/h6-8,10,16-17,19,22-24,27H,9,11-15H2,1-5H3. The van der Waals surface area contributed by atoms with E-state index in [1.807, 2.05) is 12.1 Å². The first-order valence-corrected chi connectivity index (χ1v) is 11.2. The molecule has 3 rings (SSSR count). The van der Waals surface area contributed by atoms with Crippen molar-refractivity contribution in [2.75, 3.05) is 0 Å². The minimum atomic E-state index is 0.187. The Balaban J connectivity index is 1.75. The van der Waals surface area contributed by atoms with Crippen molar-refractivity contribution < 1.29 is 9.90 Å². The van der Waals surface area contributed by atoms with Gasteiger partial charge in [0, 0.05) is 12.3 Å². The third kappa shape index (κ3) is 4.21. The molecule has 28 heavy (non-hydrogen) atoms. The van der Waals surface area contributed by atoms with Crippen molar-refractivity contribution in [2.45, 2.75) is 73.1 Å². The molecule has 0 spiro atoms. The number of Topliss-reactive ketones (excluding diaryl/α,β-unsaturated/α-hetero) is 1. The smallest absolute Gasteiger partial charge is 0.136 e. The van der Waals surface area contributed by atoms with E-state index >= 15 is 0 Å². The average Bonchev–Trinajstić information content (AvgIpc) is 2.99. The maximum Gasteiger partial charge on any atom is 0.136 e. The molecule has 0 radical (unpaired) electrons. The number of phenolic OH excluding ortho intramolecular Hbond substituents is 1. The SMILES string of the molecule is Cc1ccc(O)cc1CCC1C(=O)CCC2(C)C(C(C)C=CC(C)C)CCC12. The summed E-state index contributed by atoms with van der Waals surface area (Å²) in [6, 6.07) is 5.60. The first-order chi connectivity index (χ1) is 13.2. The van der Waals surface area contributed by atoms with Crippen molar-refractivity contribution >= 4 is 5.78 Å². The molecule has 2 nitrogen and oxygen atoms in total. The third-order valence-corrected chi connectivity index (χ3v) is 7.78. The van der Waals surface area contributed by atoms with Gasteiger partial charge in [-0.15, -0.1) is 0 Å². The normalized spacial score (nSPS) is 31.5. The lowest BCUT2D eigenvalue weighted by Crippen LogP contribution is -2.43. The van der Waals surface area contributed by atoms with Gasteiger partial charge in [0.05, 0.1) is 0 Å². The van der Waals surface area contributed by atoms with Gasteiger partial charge in [0.15, 0.2) is 0 Å². The van der Waals surface area contributed by atoms with Crippen LogP contribution in [0.5, 0.6) is 5.75 Å². The Kier molecular flexibility index (Phi) is 6.37. The van der Waals surface area contributed by atoms with E-state index in [1.165, 1.54) is 24.0 Å². The Morgan fingerprint density at radius 3 is 2.68 bits per heavy atom. The topological polar surface area (TPSA) is 37.3 Å². The van der Waals surface area contributed by atoms with Crippen LogP contribution in [0.1, 0.15) is 70.9 Å². The molecule has 0 heterocycles. The summed E-state index contributed by atoms with van der Waals surface area (Å²) in [5.41, 5.74) is 2.68. The van der Waals surface area contributed by atoms with Gasteiger partial charge in [0.25, 0.3) is 0 Å². The number of carbonyl (C=O) groups is 1. The maximum absolute atomic E-state index is 12.9. The third-order valence-electron chi connectivity index (χ3n) is 7.78. The van der Waals surface area contributed by atoms with Gasteiger partial charge in [-0.25, -0.2) is 0 Å². The van der Waals surface area contributed by atoms with Gasteiger partial charge in [-0.05, 0) is 91.4 Å². The van der Waals surface area contributed by atoms with E-state index in [0.29, 0.717) is 35.2 Å². The minimum absolute atomic E-state index is 0.187. The lowest BCUT2D eigenvalue weighted by molar-refractivity contribution is -0.132. The number of phenols is 1. The Morgan fingerprint density at radius 1 is 1.21 bits per heavy atom. The van der Waals surface area contributed by atoms with Crippen molar-refractivity contribution in [3.8, 4) is 5.75 Å². The summed E-state index contributed by atoms with van der Waals surface area (Å²) in [6.07, 6.45) is 10.8. The molecule has 2 saturated carbocycles. The van der Waals surface area contributed by atoms with E-state index in [1.54, 1.807) is 6.07 Å². The van der Waals surface area contributed by atoms with Gasteiger partial charge in [-0.1, -0.05) is 45.9 Å². The van der Waals surface area contributed by atoms with Crippen LogP contribution in [0.25, 0.3) is 0 Å². The molecule has 5 unspecified atom stereocenters. The van der Waals surface area contributed by atoms with Crippen molar-refractivity contribution in [1.29, 1.82) is 0 Å². The number of aryl methyl sites for hydroxylation is 2. The second-order valence-electron chi connectivity index (χ2n) is 10.0. The molecule has 0 aromatic heterocycles. The molecule has 2 aliphatic rings. The Labute approximate surface area is 171 Å². The lowest BCUT2D eigenvalue weighted by Gasteiger charge is -2.46. The minimum Gasteiger partial charge on any atom is -0.508 e. The van der Waals surface area contributed by atoms with Crippen molar-refractivity contribution in [3.05, 3.63) is 41.5 Å². The lowest BCUT2D eigenvalue weighted by atomic mass is 9.58. The van der Waals surface area contributed by atoms with Crippen molar-refractivity contribution in [2.24, 2.45) is 35.0 Å². The molecule has 1 aromatic rings. The quantitative estimate of drug-likeness (QED) is 0.571. The van der Waals surface area contributed by atoms with Gasteiger partial charge in [-0.3, -0.25) is 4.79 Å². The van der Waals surface area contributed by atoms with E-state index < -0.39 is 0 Å². The molecule has 1 aromatic carbocycles. The second kappa shape index (κ2) is 8.43. The van der Waals surface area contributed by atoms with Gasteiger partial charge < -0.3 is 5.11 Å². The summed E-state index contributed by atoms with van der Waals surface area (Å²) in [5.74, 6) is 3.38. The fraction of sp³-hybridized carbons (Fsp3) is 0.654. The number of allylic oxidation sites excluding steroid dienone is 2. The number of fused-ring (bicyclic) bond motifs is 1. The molecule has 0 aliphatic heterocycles. The fourth-order valence-corrected chi connectivity index (χ4v) is 6.12. The first-order valence-electron chi connectivity index (χ1n) is 11.2. The Morgan fingerprint density at radius 2 is 1.96 bits per heavy atom. The number of hydrogen-bond donors (Lipinski definition) is 1. The van der Waals surface area contributed by atoms with E-state index in [0.717, 1.165) is 25.7 Å². The Hall–Kier alpha value is -1.57. The predicted molar refractivity (Wildman–Crippen MR) is 116 cm³/mol. The molecule has 2 fully saturated rings. The molecule has 154 valence electrons. The molecule has 0 saturated heterocycles. The van der Waals surface area contributed by atoms with Crippen molar-refractivity contribution in [1.82, 2.24) is 0 Å². The first kappa shape index (κ1) is 21.1. The van der Waals surface area contributed by atoms with Crippen LogP contribution in [0.15, 0.2) is 30.4 Å². The average molecular weight is 383 g/mol. The summed E-state index contributed by atoms with van der Waals surface area (Å²) in [6.45, 7) is 11.4. The van der Waals surface area contributed by atoms with Gasteiger partial charge >= 0.3 is 0 Å². The highest BCUT2D eigenvalue weighted by molar-refractivity contribution is 5.82. The molecule has 1 N–H and O–H groups in total. The molecule has 2 heteroatoms. The molecular weight excluding hydrogens is 344 g/mol. The summed E-state index contributed by atoms with van der Waals surface area (Å²) in [7, 11) is 0. The monoisotopic (exact) mass is 382 g/mol. The number of hydrogen-bond acceptors (Lipinski definition) is 2. The van der Waals surface area contributed by atoms with Gasteiger partial charge in [0.2, 0.25) is 0 Å². The largest absolute Gasteiger partial charge is 0.508 e. The van der Waals surface area contributed by atoms with E-state index in [9.17, 15) is 9.90 Å².